The van der Waals surface area contributed by atoms with Crippen LogP contribution in [0.4, 0.5) is 0 Å². The number of aryl methyl sites for hydroxylation is 1. The molecule has 0 amide bonds. The van der Waals surface area contributed by atoms with Crippen LogP contribution in [0.5, 0.6) is 5.75 Å². The summed E-state index contributed by atoms with van der Waals surface area (Å²) in [4.78, 5) is 0. The topological polar surface area (TPSA) is 40.2 Å². The molecule has 0 saturated heterocycles. The van der Waals surface area contributed by atoms with E-state index in [9.17, 15) is 0 Å². The molecule has 4 heteroatoms. The highest BCUT2D eigenvalue weighted by molar-refractivity contribution is 6.31. The van der Waals surface area contributed by atoms with Crippen LogP contribution in [0.25, 0.3) is 10.9 Å². The van der Waals surface area contributed by atoms with Gasteiger partial charge in [0.15, 0.2) is 0 Å². The van der Waals surface area contributed by atoms with Gasteiger partial charge in [-0.2, -0.15) is 0 Å². The van der Waals surface area contributed by atoms with Crippen molar-refractivity contribution in [3.05, 3.63) is 64.8 Å². The van der Waals surface area contributed by atoms with Crippen molar-refractivity contribution in [1.29, 1.82) is 0 Å². The van der Waals surface area contributed by atoms with Crippen LogP contribution in [0, 0.1) is 0 Å². The van der Waals surface area contributed by atoms with Crippen molar-refractivity contribution >= 4 is 22.5 Å². The SMILES string of the molecule is CCOc1cccc(CC(CN)c2cn(C)c3cc(Cl)ccc23)c1. The molecule has 1 heterocycles. The zero-order valence-corrected chi connectivity index (χ0v) is 14.9. The van der Waals surface area contributed by atoms with E-state index in [1.807, 2.05) is 38.2 Å². The van der Waals surface area contributed by atoms with Crippen molar-refractivity contribution in [3.8, 4) is 5.75 Å². The Bertz CT molecular complexity index is 841. The number of ether oxygens (including phenoxy) is 1. The maximum Gasteiger partial charge on any atom is 0.119 e. The second-order valence-corrected chi connectivity index (χ2v) is 6.51. The summed E-state index contributed by atoms with van der Waals surface area (Å²) >= 11 is 6.14. The van der Waals surface area contributed by atoms with Gasteiger partial charge in [-0.25, -0.2) is 0 Å². The van der Waals surface area contributed by atoms with Crippen LogP contribution >= 0.6 is 11.6 Å². The molecule has 1 atom stereocenters. The van der Waals surface area contributed by atoms with Gasteiger partial charge in [-0.05, 0) is 55.3 Å². The standard InChI is InChI=1S/C20H23ClN2O/c1-3-24-17-6-4-5-14(10-17)9-15(12-22)19-13-23(2)20-11-16(21)7-8-18(19)20/h4-8,10-11,13,15H,3,9,12,22H2,1-2H3. The number of fused-ring (bicyclic) bond motifs is 1. The van der Waals surface area contributed by atoms with E-state index in [4.69, 9.17) is 22.1 Å². The molecule has 2 N–H and O–H groups in total. The highest BCUT2D eigenvalue weighted by Crippen LogP contribution is 2.31. The monoisotopic (exact) mass is 342 g/mol. The van der Waals surface area contributed by atoms with Crippen molar-refractivity contribution < 1.29 is 4.74 Å². The van der Waals surface area contributed by atoms with E-state index in [1.54, 1.807) is 0 Å². The molecule has 3 nitrogen and oxygen atoms in total. The minimum absolute atomic E-state index is 0.256. The lowest BCUT2D eigenvalue weighted by Gasteiger charge is -2.15. The number of aromatic nitrogens is 1. The molecule has 1 unspecified atom stereocenters. The van der Waals surface area contributed by atoms with E-state index in [0.29, 0.717) is 13.2 Å². The van der Waals surface area contributed by atoms with Gasteiger partial charge in [-0.15, -0.1) is 0 Å². The first-order chi connectivity index (χ1) is 11.6. The minimum atomic E-state index is 0.256. The summed E-state index contributed by atoms with van der Waals surface area (Å²) in [6.45, 7) is 3.27. The summed E-state index contributed by atoms with van der Waals surface area (Å²) in [5.74, 6) is 1.17. The number of halogens is 1. The number of nitrogens with two attached hydrogens (primary N) is 1. The van der Waals surface area contributed by atoms with Crippen molar-refractivity contribution in [1.82, 2.24) is 4.57 Å². The highest BCUT2D eigenvalue weighted by Gasteiger charge is 2.17. The van der Waals surface area contributed by atoms with Crippen LogP contribution in [-0.2, 0) is 13.5 Å². The fourth-order valence-corrected chi connectivity index (χ4v) is 3.41. The van der Waals surface area contributed by atoms with Crippen LogP contribution in [0.15, 0.2) is 48.7 Å². The predicted octanol–water partition coefficient (Wildman–Crippen LogP) is 4.52. The minimum Gasteiger partial charge on any atom is -0.494 e. The van der Waals surface area contributed by atoms with Gasteiger partial charge in [-0.1, -0.05) is 29.8 Å². The smallest absolute Gasteiger partial charge is 0.119 e. The molecular formula is C20H23ClN2O. The lowest BCUT2D eigenvalue weighted by Crippen LogP contribution is -2.15. The van der Waals surface area contributed by atoms with Gasteiger partial charge in [0.25, 0.3) is 0 Å². The molecule has 126 valence electrons. The second-order valence-electron chi connectivity index (χ2n) is 6.07. The number of nitrogens with zero attached hydrogens (tertiary/aromatic N) is 1. The maximum atomic E-state index is 6.14. The van der Waals surface area contributed by atoms with Crippen LogP contribution in [0.3, 0.4) is 0 Å². The largest absolute Gasteiger partial charge is 0.494 e. The van der Waals surface area contributed by atoms with Crippen molar-refractivity contribution in [2.45, 2.75) is 19.3 Å². The fourth-order valence-electron chi connectivity index (χ4n) is 3.25. The summed E-state index contributed by atoms with van der Waals surface area (Å²) in [6.07, 6.45) is 3.06. The van der Waals surface area contributed by atoms with Crippen LogP contribution < -0.4 is 10.5 Å². The van der Waals surface area contributed by atoms with Crippen LogP contribution in [0.1, 0.15) is 24.0 Å². The highest BCUT2D eigenvalue weighted by atomic mass is 35.5. The average Bonchev–Trinajstić information content (AvgIpc) is 2.89. The zero-order valence-electron chi connectivity index (χ0n) is 14.1. The molecule has 0 radical (unpaired) electrons. The van der Waals surface area contributed by atoms with Gasteiger partial charge in [-0.3, -0.25) is 0 Å². The number of hydrogen-bond donors (Lipinski definition) is 1. The molecule has 2 aromatic carbocycles. The molecule has 0 aliphatic carbocycles. The Balaban J connectivity index is 1.93. The number of rotatable bonds is 6. The summed E-state index contributed by atoms with van der Waals surface area (Å²) in [5, 5.41) is 1.97. The molecule has 0 aliphatic rings. The average molecular weight is 343 g/mol. The van der Waals surface area contributed by atoms with Gasteiger partial charge in [0.1, 0.15) is 5.75 Å². The molecule has 0 spiro atoms. The first kappa shape index (κ1) is 16.9. The normalized spacial score (nSPS) is 12.5. The summed E-state index contributed by atoms with van der Waals surface area (Å²) < 4.78 is 7.73. The molecule has 0 fully saturated rings. The van der Waals surface area contributed by atoms with Crippen LogP contribution in [-0.4, -0.2) is 17.7 Å². The molecule has 0 aliphatic heterocycles. The van der Waals surface area contributed by atoms with Gasteiger partial charge in [0.05, 0.1) is 6.61 Å². The molecule has 1 aromatic heterocycles. The third-order valence-electron chi connectivity index (χ3n) is 4.40. The van der Waals surface area contributed by atoms with E-state index in [2.05, 4.69) is 29.0 Å². The van der Waals surface area contributed by atoms with Gasteiger partial charge in [0.2, 0.25) is 0 Å². The van der Waals surface area contributed by atoms with Crippen LogP contribution in [0.2, 0.25) is 5.02 Å². The molecule has 0 saturated carbocycles. The molecular weight excluding hydrogens is 320 g/mol. The first-order valence-corrected chi connectivity index (χ1v) is 8.66. The second kappa shape index (κ2) is 7.29. The van der Waals surface area contributed by atoms with Gasteiger partial charge < -0.3 is 15.0 Å². The molecule has 3 aromatic rings. The van der Waals surface area contributed by atoms with Gasteiger partial charge >= 0.3 is 0 Å². The molecule has 24 heavy (non-hydrogen) atoms. The Kier molecular flexibility index (Phi) is 5.12. The lowest BCUT2D eigenvalue weighted by molar-refractivity contribution is 0.340. The van der Waals surface area contributed by atoms with Gasteiger partial charge in [0, 0.05) is 35.1 Å². The van der Waals surface area contributed by atoms with E-state index >= 15 is 0 Å². The van der Waals surface area contributed by atoms with E-state index in [-0.39, 0.29) is 5.92 Å². The quantitative estimate of drug-likeness (QED) is 0.715. The van der Waals surface area contributed by atoms with E-state index in [0.717, 1.165) is 22.7 Å². The Morgan fingerprint density at radius 1 is 1.21 bits per heavy atom. The third-order valence-corrected chi connectivity index (χ3v) is 4.63. The summed E-state index contributed by atoms with van der Waals surface area (Å²) in [6, 6.07) is 14.3. The summed E-state index contributed by atoms with van der Waals surface area (Å²) in [5.41, 5.74) is 9.76. The summed E-state index contributed by atoms with van der Waals surface area (Å²) in [7, 11) is 2.05. The fraction of sp³-hybridized carbons (Fsp3) is 0.300. The Hall–Kier alpha value is -1.97. The molecule has 3 rings (SSSR count). The number of hydrogen-bond acceptors (Lipinski definition) is 2. The first-order valence-electron chi connectivity index (χ1n) is 8.28. The zero-order chi connectivity index (χ0) is 17.1. The Morgan fingerprint density at radius 3 is 2.79 bits per heavy atom. The Labute approximate surface area is 148 Å². The third kappa shape index (κ3) is 3.42. The van der Waals surface area contributed by atoms with Crippen molar-refractivity contribution in [2.75, 3.05) is 13.2 Å². The number of benzene rings is 2. The Morgan fingerprint density at radius 2 is 2.04 bits per heavy atom. The lowest BCUT2D eigenvalue weighted by atomic mass is 9.91. The maximum absolute atomic E-state index is 6.14. The predicted molar refractivity (Wildman–Crippen MR) is 101 cm³/mol. The molecule has 0 bridgehead atoms. The van der Waals surface area contributed by atoms with Crippen molar-refractivity contribution in [2.24, 2.45) is 12.8 Å². The van der Waals surface area contributed by atoms with Crippen molar-refractivity contribution in [3.63, 3.8) is 0 Å². The van der Waals surface area contributed by atoms with E-state index < -0.39 is 0 Å². The van der Waals surface area contributed by atoms with E-state index in [1.165, 1.54) is 16.5 Å².